The minimum Gasteiger partial charge on any atom is -0.497 e. The van der Waals surface area contributed by atoms with E-state index in [0.717, 1.165) is 27.1 Å². The van der Waals surface area contributed by atoms with E-state index < -0.39 is 17.1 Å². The molecule has 9 heteroatoms. The van der Waals surface area contributed by atoms with E-state index in [0.29, 0.717) is 28.4 Å². The molecular formula is C44H37N3O5S. The summed E-state index contributed by atoms with van der Waals surface area (Å²) >= 11 is 1.37. The maximum atomic E-state index is 13.7. The van der Waals surface area contributed by atoms with Gasteiger partial charge in [0.1, 0.15) is 22.4 Å². The molecule has 3 N–H and O–H groups in total. The van der Waals surface area contributed by atoms with Gasteiger partial charge < -0.3 is 25.4 Å². The first kappa shape index (κ1) is 36.2. The van der Waals surface area contributed by atoms with E-state index in [9.17, 15) is 14.4 Å². The van der Waals surface area contributed by atoms with Crippen molar-refractivity contribution in [3.63, 3.8) is 0 Å². The van der Waals surface area contributed by atoms with Crippen LogP contribution in [-0.4, -0.2) is 31.9 Å². The third kappa shape index (κ3) is 9.81. The zero-order chi connectivity index (χ0) is 37.0. The lowest BCUT2D eigenvalue weighted by Crippen LogP contribution is -2.30. The van der Waals surface area contributed by atoms with Crippen molar-refractivity contribution < 1.29 is 23.9 Å². The molecule has 0 aliphatic rings. The van der Waals surface area contributed by atoms with E-state index in [-0.39, 0.29) is 11.6 Å². The highest BCUT2D eigenvalue weighted by molar-refractivity contribution is 8.00. The molecule has 264 valence electrons. The van der Waals surface area contributed by atoms with Gasteiger partial charge in [-0.2, -0.15) is 0 Å². The van der Waals surface area contributed by atoms with Gasteiger partial charge in [0, 0.05) is 40.0 Å². The lowest BCUT2D eigenvalue weighted by molar-refractivity contribution is -0.116. The second-order valence-electron chi connectivity index (χ2n) is 11.8. The van der Waals surface area contributed by atoms with Gasteiger partial charge >= 0.3 is 0 Å². The third-order valence-electron chi connectivity index (χ3n) is 8.18. The predicted octanol–water partition coefficient (Wildman–Crippen LogP) is 9.25. The van der Waals surface area contributed by atoms with Gasteiger partial charge in [-0.1, -0.05) is 103 Å². The van der Waals surface area contributed by atoms with E-state index >= 15 is 0 Å². The molecule has 0 bridgehead atoms. The molecule has 6 rings (SSSR count). The molecule has 6 aromatic carbocycles. The van der Waals surface area contributed by atoms with Crippen molar-refractivity contribution in [1.29, 1.82) is 0 Å². The monoisotopic (exact) mass is 719 g/mol. The Morgan fingerprint density at radius 3 is 1.77 bits per heavy atom. The molecule has 1 unspecified atom stereocenters. The van der Waals surface area contributed by atoms with Crippen LogP contribution in [0.2, 0.25) is 0 Å². The molecule has 53 heavy (non-hydrogen) atoms. The van der Waals surface area contributed by atoms with Crippen LogP contribution in [-0.2, 0) is 9.59 Å². The molecule has 0 aliphatic carbocycles. The van der Waals surface area contributed by atoms with Gasteiger partial charge in [-0.15, -0.1) is 11.8 Å². The van der Waals surface area contributed by atoms with Crippen molar-refractivity contribution in [2.45, 2.75) is 10.1 Å². The van der Waals surface area contributed by atoms with Crippen LogP contribution in [0.1, 0.15) is 26.7 Å². The number of hydrogen-bond acceptors (Lipinski definition) is 6. The second kappa shape index (κ2) is 17.6. The van der Waals surface area contributed by atoms with E-state index in [2.05, 4.69) is 16.0 Å². The van der Waals surface area contributed by atoms with Crippen molar-refractivity contribution >= 4 is 46.9 Å². The first-order valence-corrected chi connectivity index (χ1v) is 17.7. The predicted molar refractivity (Wildman–Crippen MR) is 212 cm³/mol. The van der Waals surface area contributed by atoms with Crippen LogP contribution < -0.4 is 25.4 Å². The molecule has 0 saturated carbocycles. The summed E-state index contributed by atoms with van der Waals surface area (Å²) in [4.78, 5) is 41.4. The number of carbonyl (C=O) groups is 3. The van der Waals surface area contributed by atoms with Crippen molar-refractivity contribution in [3.05, 3.63) is 180 Å². The van der Waals surface area contributed by atoms with Crippen LogP contribution in [0.3, 0.4) is 0 Å². The number of hydrogen-bond donors (Lipinski definition) is 3. The fourth-order valence-corrected chi connectivity index (χ4v) is 6.48. The normalized spacial score (nSPS) is 11.5. The Labute approximate surface area is 312 Å². The number of nitrogens with one attached hydrogen (secondary N) is 3. The number of methoxy groups -OCH3 is 2. The van der Waals surface area contributed by atoms with Gasteiger partial charge in [-0.05, 0) is 64.7 Å². The van der Waals surface area contributed by atoms with Crippen molar-refractivity contribution in [2.75, 3.05) is 24.9 Å². The quantitative estimate of drug-likeness (QED) is 0.0812. The molecule has 0 fully saturated rings. The van der Waals surface area contributed by atoms with Crippen LogP contribution in [0.15, 0.2) is 168 Å². The highest BCUT2D eigenvalue weighted by Gasteiger charge is 2.23. The topological polar surface area (TPSA) is 106 Å². The van der Waals surface area contributed by atoms with Gasteiger partial charge in [-0.3, -0.25) is 14.4 Å². The molecule has 6 aromatic rings. The molecule has 8 nitrogen and oxygen atoms in total. The zero-order valence-corrected chi connectivity index (χ0v) is 29.9. The van der Waals surface area contributed by atoms with E-state index in [1.807, 2.05) is 103 Å². The molecule has 0 heterocycles. The number of anilines is 2. The van der Waals surface area contributed by atoms with Gasteiger partial charge in [0.05, 0.1) is 14.2 Å². The largest absolute Gasteiger partial charge is 0.497 e. The van der Waals surface area contributed by atoms with E-state index in [1.165, 1.54) is 11.8 Å². The third-order valence-corrected chi connectivity index (χ3v) is 9.45. The number of amides is 3. The fourth-order valence-electron chi connectivity index (χ4n) is 5.45. The first-order valence-electron chi connectivity index (χ1n) is 16.8. The molecule has 0 saturated heterocycles. The van der Waals surface area contributed by atoms with Crippen molar-refractivity contribution in [1.82, 2.24) is 5.32 Å². The Bertz CT molecular complexity index is 2170. The molecule has 0 aromatic heterocycles. The summed E-state index contributed by atoms with van der Waals surface area (Å²) < 4.78 is 10.7. The average molecular weight is 720 g/mol. The Balaban J connectivity index is 1.20. The van der Waals surface area contributed by atoms with Gasteiger partial charge in [0.15, 0.2) is 0 Å². The van der Waals surface area contributed by atoms with Gasteiger partial charge in [0.2, 0.25) is 5.91 Å². The lowest BCUT2D eigenvalue weighted by Gasteiger charge is -2.18. The molecule has 1 atom stereocenters. The van der Waals surface area contributed by atoms with Crippen LogP contribution in [0.4, 0.5) is 11.4 Å². The fraction of sp³-hybridized carbons (Fsp3) is 0.0682. The molecule has 0 radical (unpaired) electrons. The Morgan fingerprint density at radius 1 is 0.604 bits per heavy atom. The van der Waals surface area contributed by atoms with Gasteiger partial charge in [-0.25, -0.2) is 0 Å². The summed E-state index contributed by atoms with van der Waals surface area (Å²) in [6, 6.07) is 48.4. The summed E-state index contributed by atoms with van der Waals surface area (Å²) in [5.41, 5.74) is 5.24. The standard InChI is InChI=1S/C44H37N3O5S/c1-51-37-27-36(28-38(29-37)52-2)46-44(50)41(33-14-8-4-9-15-33)53-39-24-22-35(23-25-39)45-43(49)40(47-42(48)34-16-10-5-11-17-34)26-30-18-20-32(21-19-30)31-12-6-3-7-13-31/h3-29,41H,1-2H3,(H,45,49)(H,46,50)(H,47,48)/b40-26-. The maximum absolute atomic E-state index is 13.7. The molecular weight excluding hydrogens is 683 g/mol. The van der Waals surface area contributed by atoms with Crippen LogP contribution >= 0.6 is 11.8 Å². The van der Waals surface area contributed by atoms with Crippen molar-refractivity contribution in [3.8, 4) is 22.6 Å². The number of rotatable bonds is 13. The summed E-state index contributed by atoms with van der Waals surface area (Å²) in [6.07, 6.45) is 1.65. The average Bonchev–Trinajstić information content (AvgIpc) is 3.21. The Kier molecular flexibility index (Phi) is 12.0. The number of benzene rings is 6. The SMILES string of the molecule is COc1cc(NC(=O)C(Sc2ccc(NC(=O)/C(=C/c3ccc(-c4ccccc4)cc3)NC(=O)c3ccccc3)cc2)c2ccccc2)cc(OC)c1. The summed E-state index contributed by atoms with van der Waals surface area (Å²) in [5, 5.41) is 8.12. The van der Waals surface area contributed by atoms with Crippen LogP contribution in [0.5, 0.6) is 11.5 Å². The minimum absolute atomic E-state index is 0.0831. The lowest BCUT2D eigenvalue weighted by atomic mass is 10.0. The first-order chi connectivity index (χ1) is 25.9. The molecule has 3 amide bonds. The number of thioether (sulfide) groups is 1. The zero-order valence-electron chi connectivity index (χ0n) is 29.1. The smallest absolute Gasteiger partial charge is 0.272 e. The Morgan fingerprint density at radius 2 is 1.17 bits per heavy atom. The van der Waals surface area contributed by atoms with Crippen LogP contribution in [0, 0.1) is 0 Å². The maximum Gasteiger partial charge on any atom is 0.272 e. The van der Waals surface area contributed by atoms with Crippen LogP contribution in [0.25, 0.3) is 17.2 Å². The Hall–Kier alpha value is -6.58. The summed E-state index contributed by atoms with van der Waals surface area (Å²) in [7, 11) is 3.11. The minimum atomic E-state index is -0.593. The number of carbonyl (C=O) groups excluding carboxylic acids is 3. The van der Waals surface area contributed by atoms with E-state index in [1.54, 1.807) is 74.9 Å². The van der Waals surface area contributed by atoms with Gasteiger partial charge in [0.25, 0.3) is 11.8 Å². The molecule has 0 aliphatic heterocycles. The van der Waals surface area contributed by atoms with Crippen molar-refractivity contribution in [2.24, 2.45) is 0 Å². The summed E-state index contributed by atoms with van der Waals surface area (Å²) in [6.45, 7) is 0. The second-order valence-corrected chi connectivity index (χ2v) is 13.0. The highest BCUT2D eigenvalue weighted by Crippen LogP contribution is 2.37. The molecule has 0 spiro atoms. The summed E-state index contributed by atoms with van der Waals surface area (Å²) in [5.74, 6) is -0.0106. The number of ether oxygens (including phenoxy) is 2. The highest BCUT2D eigenvalue weighted by atomic mass is 32.2. The van der Waals surface area contributed by atoms with E-state index in [4.69, 9.17) is 9.47 Å².